The van der Waals surface area contributed by atoms with Gasteiger partial charge in [0.05, 0.1) is 0 Å². The van der Waals surface area contributed by atoms with Gasteiger partial charge in [-0.25, -0.2) is 0 Å². The topological polar surface area (TPSA) is 0 Å². The van der Waals surface area contributed by atoms with Crippen molar-refractivity contribution in [3.05, 3.63) is 38.2 Å². The molecule has 0 saturated carbocycles. The number of hydrogen-bond acceptors (Lipinski definition) is 0. The van der Waals surface area contributed by atoms with Crippen LogP contribution in [0.1, 0.15) is 77.0 Å². The Labute approximate surface area is 116 Å². The van der Waals surface area contributed by atoms with Gasteiger partial charge in [0.2, 0.25) is 0 Å². The SMILES string of the molecule is [CH2]CCCC=CCC=CCCCCCCCC[CH2]. The molecule has 0 bridgehead atoms. The van der Waals surface area contributed by atoms with Crippen molar-refractivity contribution in [3.8, 4) is 0 Å². The highest BCUT2D eigenvalue weighted by Gasteiger charge is 1.89. The maximum Gasteiger partial charge on any atom is -0.0169 e. The van der Waals surface area contributed by atoms with Gasteiger partial charge in [-0.2, -0.15) is 0 Å². The van der Waals surface area contributed by atoms with Gasteiger partial charge in [0.15, 0.2) is 0 Å². The molecule has 18 heavy (non-hydrogen) atoms. The van der Waals surface area contributed by atoms with E-state index in [0.717, 1.165) is 19.3 Å². The van der Waals surface area contributed by atoms with E-state index in [4.69, 9.17) is 0 Å². The standard InChI is InChI=1S/C18H32/c1-3-5-7-9-11-13-15-17-18-16-14-12-10-8-6-4-2/h9,11,15,17H,1-8,10,12-14,16,18H2. The van der Waals surface area contributed by atoms with Crippen molar-refractivity contribution in [1.29, 1.82) is 0 Å². The van der Waals surface area contributed by atoms with Gasteiger partial charge in [0.1, 0.15) is 0 Å². The fourth-order valence-corrected chi connectivity index (χ4v) is 1.91. The smallest absolute Gasteiger partial charge is 0.0169 e. The first-order valence-electron chi connectivity index (χ1n) is 7.80. The van der Waals surface area contributed by atoms with Gasteiger partial charge in [-0.15, -0.1) is 0 Å². The first-order valence-corrected chi connectivity index (χ1v) is 7.80. The van der Waals surface area contributed by atoms with Crippen LogP contribution in [-0.4, -0.2) is 0 Å². The molecule has 0 heterocycles. The average molecular weight is 248 g/mol. The Morgan fingerprint density at radius 2 is 1.00 bits per heavy atom. The van der Waals surface area contributed by atoms with Crippen molar-refractivity contribution >= 4 is 0 Å². The number of hydrogen-bond donors (Lipinski definition) is 0. The second-order valence-electron chi connectivity index (χ2n) is 4.94. The number of rotatable bonds is 13. The van der Waals surface area contributed by atoms with Crippen LogP contribution in [0.2, 0.25) is 0 Å². The molecule has 0 fully saturated rings. The van der Waals surface area contributed by atoms with Crippen LogP contribution in [0.25, 0.3) is 0 Å². The minimum atomic E-state index is 1.05. The highest BCUT2D eigenvalue weighted by Crippen LogP contribution is 2.08. The summed E-state index contributed by atoms with van der Waals surface area (Å²) in [6.45, 7) is 7.70. The maximum absolute atomic E-state index is 3.87. The first-order chi connectivity index (χ1) is 8.91. The van der Waals surface area contributed by atoms with E-state index in [1.807, 2.05) is 0 Å². The molecule has 0 aliphatic carbocycles. The predicted octanol–water partition coefficient (Wildman–Crippen LogP) is 6.45. The van der Waals surface area contributed by atoms with E-state index in [0.29, 0.717) is 0 Å². The Morgan fingerprint density at radius 1 is 0.500 bits per heavy atom. The molecule has 0 atom stereocenters. The lowest BCUT2D eigenvalue weighted by Gasteiger charge is -1.98. The van der Waals surface area contributed by atoms with Gasteiger partial charge in [-0.05, 0) is 32.1 Å². The summed E-state index contributed by atoms with van der Waals surface area (Å²) in [5.74, 6) is 0. The largest absolute Gasteiger partial charge is 0.0882 e. The van der Waals surface area contributed by atoms with Crippen LogP contribution in [0.5, 0.6) is 0 Å². The van der Waals surface area contributed by atoms with Crippen molar-refractivity contribution in [2.75, 3.05) is 0 Å². The lowest BCUT2D eigenvalue weighted by atomic mass is 10.1. The molecular weight excluding hydrogens is 216 g/mol. The highest BCUT2D eigenvalue weighted by atomic mass is 13.9. The molecule has 104 valence electrons. The number of unbranched alkanes of at least 4 members (excludes halogenated alkanes) is 9. The summed E-state index contributed by atoms with van der Waals surface area (Å²) in [6, 6.07) is 0. The summed E-state index contributed by atoms with van der Waals surface area (Å²) in [5, 5.41) is 0. The molecule has 0 aromatic rings. The maximum atomic E-state index is 3.87. The second kappa shape index (κ2) is 16.5. The zero-order valence-corrected chi connectivity index (χ0v) is 12.2. The summed E-state index contributed by atoms with van der Waals surface area (Å²) >= 11 is 0. The number of allylic oxidation sites excluding steroid dienone is 4. The van der Waals surface area contributed by atoms with Gasteiger partial charge in [0, 0.05) is 0 Å². The van der Waals surface area contributed by atoms with Crippen LogP contribution in [0.4, 0.5) is 0 Å². The zero-order chi connectivity index (χ0) is 13.3. The Bertz CT molecular complexity index is 188. The van der Waals surface area contributed by atoms with E-state index in [1.54, 1.807) is 0 Å². The summed E-state index contributed by atoms with van der Waals surface area (Å²) in [6.07, 6.45) is 24.3. The van der Waals surface area contributed by atoms with Crippen LogP contribution in [0.15, 0.2) is 24.3 Å². The van der Waals surface area contributed by atoms with Crippen LogP contribution < -0.4 is 0 Å². The van der Waals surface area contributed by atoms with Crippen molar-refractivity contribution in [2.45, 2.75) is 77.0 Å². The van der Waals surface area contributed by atoms with Crippen molar-refractivity contribution < 1.29 is 0 Å². The Morgan fingerprint density at radius 3 is 1.61 bits per heavy atom. The third-order valence-corrected chi connectivity index (χ3v) is 3.10. The summed E-state index contributed by atoms with van der Waals surface area (Å²) < 4.78 is 0. The Hall–Kier alpha value is -0.520. The third-order valence-electron chi connectivity index (χ3n) is 3.10. The van der Waals surface area contributed by atoms with Gasteiger partial charge >= 0.3 is 0 Å². The van der Waals surface area contributed by atoms with Gasteiger partial charge in [0.25, 0.3) is 0 Å². The summed E-state index contributed by atoms with van der Waals surface area (Å²) in [7, 11) is 0. The van der Waals surface area contributed by atoms with E-state index in [-0.39, 0.29) is 0 Å². The molecule has 0 saturated heterocycles. The third kappa shape index (κ3) is 15.5. The summed E-state index contributed by atoms with van der Waals surface area (Å²) in [5.41, 5.74) is 0. The van der Waals surface area contributed by atoms with E-state index < -0.39 is 0 Å². The van der Waals surface area contributed by atoms with Gasteiger partial charge in [-0.3, -0.25) is 0 Å². The Kier molecular flexibility index (Phi) is 16.0. The monoisotopic (exact) mass is 248 g/mol. The molecule has 2 radical (unpaired) electrons. The molecule has 0 aliphatic rings. The molecule has 0 amide bonds. The van der Waals surface area contributed by atoms with Crippen LogP contribution >= 0.6 is 0 Å². The van der Waals surface area contributed by atoms with Gasteiger partial charge in [-0.1, -0.05) is 83.1 Å². The first kappa shape index (κ1) is 17.5. The lowest BCUT2D eigenvalue weighted by molar-refractivity contribution is 0.599. The molecule has 0 aromatic heterocycles. The minimum Gasteiger partial charge on any atom is -0.0882 e. The Balaban J connectivity index is 3.11. The minimum absolute atomic E-state index is 1.05. The highest BCUT2D eigenvalue weighted by molar-refractivity contribution is 4.92. The molecule has 0 aromatic carbocycles. The lowest BCUT2D eigenvalue weighted by Crippen LogP contribution is -1.78. The van der Waals surface area contributed by atoms with E-state index in [2.05, 4.69) is 38.2 Å². The molecule has 0 nitrogen and oxygen atoms in total. The van der Waals surface area contributed by atoms with E-state index in [9.17, 15) is 0 Å². The van der Waals surface area contributed by atoms with Crippen molar-refractivity contribution in [3.63, 3.8) is 0 Å². The predicted molar refractivity (Wildman–Crippen MR) is 84.4 cm³/mol. The molecule has 0 heteroatoms. The van der Waals surface area contributed by atoms with Crippen molar-refractivity contribution in [1.82, 2.24) is 0 Å². The van der Waals surface area contributed by atoms with E-state index >= 15 is 0 Å². The average Bonchev–Trinajstić information content (AvgIpc) is 2.39. The fraction of sp³-hybridized carbons (Fsp3) is 0.667. The fourth-order valence-electron chi connectivity index (χ4n) is 1.91. The van der Waals surface area contributed by atoms with Crippen molar-refractivity contribution in [2.24, 2.45) is 0 Å². The normalized spacial score (nSPS) is 11.9. The van der Waals surface area contributed by atoms with Crippen LogP contribution in [-0.2, 0) is 0 Å². The molecule has 0 spiro atoms. The second-order valence-corrected chi connectivity index (χ2v) is 4.94. The molecule has 0 N–H and O–H groups in total. The quantitative estimate of drug-likeness (QED) is 0.259. The molecule has 0 rings (SSSR count). The van der Waals surface area contributed by atoms with Gasteiger partial charge < -0.3 is 0 Å². The van der Waals surface area contributed by atoms with Crippen LogP contribution in [0.3, 0.4) is 0 Å². The van der Waals surface area contributed by atoms with E-state index in [1.165, 1.54) is 57.8 Å². The molecule has 0 unspecified atom stereocenters. The zero-order valence-electron chi connectivity index (χ0n) is 12.2. The molecular formula is C18H32. The molecule has 0 aliphatic heterocycles. The van der Waals surface area contributed by atoms with Crippen LogP contribution in [0, 0.1) is 13.8 Å². The summed E-state index contributed by atoms with van der Waals surface area (Å²) in [4.78, 5) is 0.